The minimum atomic E-state index is -0.0552. The summed E-state index contributed by atoms with van der Waals surface area (Å²) >= 11 is 1.34. The predicted molar refractivity (Wildman–Crippen MR) is 110 cm³/mol. The Morgan fingerprint density at radius 2 is 1.96 bits per heavy atom. The van der Waals surface area contributed by atoms with E-state index in [4.69, 9.17) is 0 Å². The smallest absolute Gasteiger partial charge is 0.262 e. The first-order chi connectivity index (χ1) is 13.6. The second kappa shape index (κ2) is 7.63. The lowest BCUT2D eigenvalue weighted by Gasteiger charge is -2.10. The molecule has 0 saturated carbocycles. The van der Waals surface area contributed by atoms with E-state index < -0.39 is 0 Å². The fraction of sp³-hybridized carbons (Fsp3) is 0.300. The molecule has 0 atom stereocenters. The van der Waals surface area contributed by atoms with E-state index in [0.717, 1.165) is 18.4 Å². The minimum absolute atomic E-state index is 0.0258. The van der Waals surface area contributed by atoms with E-state index in [2.05, 4.69) is 17.1 Å². The molecule has 0 fully saturated rings. The van der Waals surface area contributed by atoms with E-state index in [9.17, 15) is 9.59 Å². The number of rotatable bonds is 7. The first kappa shape index (κ1) is 18.5. The molecule has 8 heteroatoms. The summed E-state index contributed by atoms with van der Waals surface area (Å²) in [6.07, 6.45) is 3.71. The van der Waals surface area contributed by atoms with Crippen LogP contribution in [0.2, 0.25) is 0 Å². The van der Waals surface area contributed by atoms with E-state index >= 15 is 0 Å². The maximum Gasteiger partial charge on any atom is 0.262 e. The van der Waals surface area contributed by atoms with Crippen molar-refractivity contribution in [2.75, 3.05) is 5.75 Å². The highest BCUT2D eigenvalue weighted by Crippen LogP contribution is 2.22. The molecule has 7 nitrogen and oxygen atoms in total. The number of thioether (sulfide) groups is 1. The number of nitrogens with zero attached hydrogens (tertiary/aromatic N) is 5. The summed E-state index contributed by atoms with van der Waals surface area (Å²) < 4.78 is 5.37. The summed E-state index contributed by atoms with van der Waals surface area (Å²) in [5.74, 6) is 0.796. The largest absolute Gasteiger partial charge is 0.348 e. The topological polar surface area (TPSA) is 74.2 Å². The molecule has 0 aliphatic heterocycles. The number of unbranched alkanes of at least 4 members (excludes halogenated alkanes) is 1. The van der Waals surface area contributed by atoms with Gasteiger partial charge in [0.1, 0.15) is 0 Å². The lowest BCUT2D eigenvalue weighted by atomic mass is 10.2. The molecule has 0 aliphatic carbocycles. The van der Waals surface area contributed by atoms with Gasteiger partial charge in [0.2, 0.25) is 5.78 Å². The number of carbonyl (C=O) groups excluding carboxylic acids is 1. The van der Waals surface area contributed by atoms with Crippen molar-refractivity contribution in [1.82, 2.24) is 23.7 Å². The number of hydrogen-bond acceptors (Lipinski definition) is 5. The minimum Gasteiger partial charge on any atom is -0.348 e. The molecule has 0 saturated heterocycles. The Hall–Kier alpha value is -2.87. The van der Waals surface area contributed by atoms with E-state index in [1.807, 2.05) is 58.6 Å². The summed E-state index contributed by atoms with van der Waals surface area (Å²) in [4.78, 5) is 25.5. The third kappa shape index (κ3) is 3.13. The average molecular weight is 395 g/mol. The van der Waals surface area contributed by atoms with E-state index in [0.29, 0.717) is 28.6 Å². The number of Topliss-reactive ketones (excluding diaryl/α,β-unsaturated/α-hetero) is 1. The van der Waals surface area contributed by atoms with Crippen LogP contribution >= 0.6 is 11.8 Å². The van der Waals surface area contributed by atoms with E-state index in [1.54, 1.807) is 4.57 Å². The molecule has 4 rings (SSSR count). The Kier molecular flexibility index (Phi) is 5.04. The fourth-order valence-corrected chi connectivity index (χ4v) is 4.12. The van der Waals surface area contributed by atoms with Crippen LogP contribution in [-0.2, 0) is 13.6 Å². The highest BCUT2D eigenvalue weighted by atomic mass is 32.2. The first-order valence-corrected chi connectivity index (χ1v) is 10.2. The monoisotopic (exact) mass is 395 g/mol. The molecule has 3 aromatic heterocycles. The normalized spacial score (nSPS) is 11.5. The number of benzene rings is 1. The zero-order valence-electron chi connectivity index (χ0n) is 15.8. The average Bonchev–Trinajstić information content (AvgIpc) is 3.32. The lowest BCUT2D eigenvalue weighted by molar-refractivity contribution is 0.101. The number of aryl methyl sites for hydroxylation is 2. The summed E-state index contributed by atoms with van der Waals surface area (Å²) in [5, 5.41) is 9.80. The number of carbonyl (C=O) groups is 1. The third-order valence-corrected chi connectivity index (χ3v) is 5.70. The Bertz CT molecular complexity index is 1220. The van der Waals surface area contributed by atoms with Gasteiger partial charge in [0, 0.05) is 19.8 Å². The Balaban J connectivity index is 1.78. The molecule has 0 unspecified atom stereocenters. The van der Waals surface area contributed by atoms with Crippen molar-refractivity contribution in [3.05, 3.63) is 58.6 Å². The standard InChI is InChI=1S/C20H21N5O2S/c1-3-4-12-24-18(27)14-8-5-6-9-15(14)25-19(24)21-22-20(25)28-13-17(26)16-10-7-11-23(16)2/h5-11H,3-4,12-13H2,1-2H3. The van der Waals surface area contributed by atoms with Crippen LogP contribution in [0.3, 0.4) is 0 Å². The Labute approximate surface area is 166 Å². The van der Waals surface area contributed by atoms with Crippen LogP contribution < -0.4 is 5.56 Å². The molecule has 28 heavy (non-hydrogen) atoms. The molecule has 3 heterocycles. The van der Waals surface area contributed by atoms with E-state index in [-0.39, 0.29) is 17.1 Å². The van der Waals surface area contributed by atoms with Gasteiger partial charge in [0.15, 0.2) is 10.9 Å². The van der Waals surface area contributed by atoms with Crippen molar-refractivity contribution in [2.45, 2.75) is 31.5 Å². The number of aromatic nitrogens is 5. The van der Waals surface area contributed by atoms with Crippen LogP contribution in [0.4, 0.5) is 0 Å². The highest BCUT2D eigenvalue weighted by Gasteiger charge is 2.18. The van der Waals surface area contributed by atoms with Gasteiger partial charge in [-0.2, -0.15) is 0 Å². The van der Waals surface area contributed by atoms with Crippen LogP contribution in [0.5, 0.6) is 0 Å². The van der Waals surface area contributed by atoms with Crippen LogP contribution in [0, 0.1) is 0 Å². The summed E-state index contributed by atoms with van der Waals surface area (Å²) in [7, 11) is 1.85. The molecule has 0 amide bonds. The van der Waals surface area contributed by atoms with Crippen LogP contribution in [-0.4, -0.2) is 35.3 Å². The van der Waals surface area contributed by atoms with E-state index in [1.165, 1.54) is 11.8 Å². The van der Waals surface area contributed by atoms with Crippen molar-refractivity contribution < 1.29 is 4.79 Å². The molecule has 0 aliphatic rings. The number of fused-ring (bicyclic) bond motifs is 3. The summed E-state index contributed by atoms with van der Waals surface area (Å²) in [6.45, 7) is 2.68. The molecule has 0 N–H and O–H groups in total. The molecular formula is C20H21N5O2S. The number of hydrogen-bond donors (Lipinski definition) is 0. The fourth-order valence-electron chi connectivity index (χ4n) is 3.30. The van der Waals surface area contributed by atoms with Crippen molar-refractivity contribution in [3.63, 3.8) is 0 Å². The van der Waals surface area contributed by atoms with Crippen molar-refractivity contribution >= 4 is 34.2 Å². The van der Waals surface area contributed by atoms with Gasteiger partial charge in [0.05, 0.1) is 22.3 Å². The van der Waals surface area contributed by atoms with Crippen LogP contribution in [0.25, 0.3) is 16.7 Å². The molecule has 0 bridgehead atoms. The van der Waals surface area contributed by atoms with Gasteiger partial charge in [0.25, 0.3) is 5.56 Å². The SMILES string of the molecule is CCCCn1c(=O)c2ccccc2n2c(SCC(=O)c3cccn3C)nnc12. The summed E-state index contributed by atoms with van der Waals surface area (Å²) in [5.41, 5.74) is 1.36. The quantitative estimate of drug-likeness (QED) is 0.355. The first-order valence-electron chi connectivity index (χ1n) is 9.25. The van der Waals surface area contributed by atoms with Crippen LogP contribution in [0.1, 0.15) is 30.3 Å². The molecule has 1 aromatic carbocycles. The van der Waals surface area contributed by atoms with Gasteiger partial charge in [-0.1, -0.05) is 37.2 Å². The van der Waals surface area contributed by atoms with Gasteiger partial charge in [-0.3, -0.25) is 18.6 Å². The van der Waals surface area contributed by atoms with Gasteiger partial charge >= 0.3 is 0 Å². The van der Waals surface area contributed by atoms with Gasteiger partial charge in [-0.15, -0.1) is 10.2 Å². The molecule has 144 valence electrons. The third-order valence-electron chi connectivity index (χ3n) is 4.78. The Morgan fingerprint density at radius 1 is 1.14 bits per heavy atom. The highest BCUT2D eigenvalue weighted by molar-refractivity contribution is 7.99. The number of para-hydroxylation sites is 1. The van der Waals surface area contributed by atoms with Gasteiger partial charge in [-0.25, -0.2) is 0 Å². The zero-order valence-corrected chi connectivity index (χ0v) is 16.6. The Morgan fingerprint density at radius 3 is 2.71 bits per heavy atom. The van der Waals surface area contributed by atoms with Crippen molar-refractivity contribution in [1.29, 1.82) is 0 Å². The second-order valence-electron chi connectivity index (χ2n) is 6.66. The van der Waals surface area contributed by atoms with Crippen molar-refractivity contribution in [2.24, 2.45) is 7.05 Å². The zero-order chi connectivity index (χ0) is 19.7. The maximum absolute atomic E-state index is 12.9. The maximum atomic E-state index is 12.9. The van der Waals surface area contributed by atoms with Gasteiger partial charge in [-0.05, 0) is 30.7 Å². The molecule has 0 radical (unpaired) electrons. The molecular weight excluding hydrogens is 374 g/mol. The second-order valence-corrected chi connectivity index (χ2v) is 7.60. The summed E-state index contributed by atoms with van der Waals surface area (Å²) in [6, 6.07) is 11.1. The molecule has 4 aromatic rings. The number of ketones is 1. The van der Waals surface area contributed by atoms with Crippen molar-refractivity contribution in [3.8, 4) is 0 Å². The predicted octanol–water partition coefficient (Wildman–Crippen LogP) is 3.16. The van der Waals surface area contributed by atoms with Gasteiger partial charge < -0.3 is 4.57 Å². The molecule has 0 spiro atoms. The van der Waals surface area contributed by atoms with Crippen LogP contribution in [0.15, 0.2) is 52.5 Å². The lowest BCUT2D eigenvalue weighted by Crippen LogP contribution is -2.23.